The van der Waals surface area contributed by atoms with Crippen molar-refractivity contribution in [1.29, 1.82) is 0 Å². The van der Waals surface area contributed by atoms with Gasteiger partial charge < -0.3 is 9.72 Å². The summed E-state index contributed by atoms with van der Waals surface area (Å²) in [5.74, 6) is 1.75. The molecule has 0 aliphatic heterocycles. The van der Waals surface area contributed by atoms with Crippen molar-refractivity contribution < 1.29 is 4.74 Å². The van der Waals surface area contributed by atoms with E-state index in [0.29, 0.717) is 18.1 Å². The molecule has 0 amide bonds. The van der Waals surface area contributed by atoms with Crippen molar-refractivity contribution >= 4 is 11.2 Å². The maximum atomic E-state index is 5.40. The lowest BCUT2D eigenvalue weighted by Crippen LogP contribution is -1.97. The molecule has 0 radical (unpaired) electrons. The Morgan fingerprint density at radius 3 is 2.65 bits per heavy atom. The number of H-pyrrole nitrogens is 1. The van der Waals surface area contributed by atoms with Gasteiger partial charge in [-0.3, -0.25) is 0 Å². The zero-order chi connectivity index (χ0) is 13.9. The molecule has 2 heterocycles. The van der Waals surface area contributed by atoms with Crippen molar-refractivity contribution in [2.24, 2.45) is 0 Å². The van der Waals surface area contributed by atoms with Gasteiger partial charge in [-0.05, 0) is 18.6 Å². The highest BCUT2D eigenvalue weighted by atomic mass is 16.5. The number of hydrogen-bond donors (Lipinski definition) is 1. The second-order valence-electron chi connectivity index (χ2n) is 4.71. The van der Waals surface area contributed by atoms with Crippen molar-refractivity contribution in [3.8, 4) is 5.88 Å². The molecule has 0 aliphatic rings. The molecule has 1 N–H and O–H groups in total. The second kappa shape index (κ2) is 5.33. The predicted molar refractivity (Wildman–Crippen MR) is 79.0 cm³/mol. The lowest BCUT2D eigenvalue weighted by Gasteiger charge is -2.07. The molecular weight excluding hydrogens is 250 g/mol. The molecule has 0 fully saturated rings. The number of hydrogen-bond acceptors (Lipinski definition) is 3. The fourth-order valence-electron chi connectivity index (χ4n) is 2.23. The van der Waals surface area contributed by atoms with Gasteiger partial charge in [0.25, 0.3) is 0 Å². The van der Waals surface area contributed by atoms with Crippen molar-refractivity contribution in [3.63, 3.8) is 0 Å². The van der Waals surface area contributed by atoms with Crippen molar-refractivity contribution in [3.05, 3.63) is 53.9 Å². The first kappa shape index (κ1) is 12.7. The van der Waals surface area contributed by atoms with Gasteiger partial charge in [-0.15, -0.1) is 0 Å². The van der Waals surface area contributed by atoms with Gasteiger partial charge in [0.15, 0.2) is 5.65 Å². The maximum Gasteiger partial charge on any atom is 0.215 e. The van der Waals surface area contributed by atoms with Crippen molar-refractivity contribution in [2.75, 3.05) is 6.61 Å². The molecule has 3 rings (SSSR count). The Labute approximate surface area is 117 Å². The van der Waals surface area contributed by atoms with E-state index in [2.05, 4.69) is 34.0 Å². The molecule has 0 aliphatic carbocycles. The number of pyridine rings is 1. The first-order valence-electron chi connectivity index (χ1n) is 6.82. The van der Waals surface area contributed by atoms with Crippen LogP contribution in [0.25, 0.3) is 11.2 Å². The fraction of sp³-hybridized carbons (Fsp3) is 0.250. The quantitative estimate of drug-likeness (QED) is 0.787. The fourth-order valence-corrected chi connectivity index (χ4v) is 2.23. The van der Waals surface area contributed by atoms with E-state index < -0.39 is 0 Å². The molecule has 20 heavy (non-hydrogen) atoms. The number of aromatic amines is 1. The molecule has 0 saturated carbocycles. The highest BCUT2D eigenvalue weighted by Gasteiger charge is 2.13. The van der Waals surface area contributed by atoms with Crippen LogP contribution in [0.2, 0.25) is 0 Å². The zero-order valence-electron chi connectivity index (χ0n) is 11.6. The number of imidazole rings is 1. The minimum Gasteiger partial charge on any atom is -0.478 e. The summed E-state index contributed by atoms with van der Waals surface area (Å²) in [6, 6.07) is 14.1. The van der Waals surface area contributed by atoms with Crippen LogP contribution in [-0.4, -0.2) is 21.6 Å². The van der Waals surface area contributed by atoms with Gasteiger partial charge in [0, 0.05) is 12.0 Å². The van der Waals surface area contributed by atoms with Crippen LogP contribution in [0.5, 0.6) is 5.88 Å². The number of nitrogens with one attached hydrogen (secondary N) is 1. The molecule has 0 bridgehead atoms. The van der Waals surface area contributed by atoms with E-state index in [-0.39, 0.29) is 5.92 Å². The topological polar surface area (TPSA) is 50.8 Å². The predicted octanol–water partition coefficient (Wildman–Crippen LogP) is 3.51. The second-order valence-corrected chi connectivity index (χ2v) is 4.71. The Morgan fingerprint density at radius 1 is 1.10 bits per heavy atom. The Kier molecular flexibility index (Phi) is 3.37. The number of fused-ring (bicyclic) bond motifs is 1. The number of aromatic nitrogens is 3. The van der Waals surface area contributed by atoms with Gasteiger partial charge in [0.2, 0.25) is 5.88 Å². The molecule has 102 valence electrons. The van der Waals surface area contributed by atoms with Gasteiger partial charge >= 0.3 is 0 Å². The number of ether oxygens (including phenoxy) is 1. The molecule has 0 spiro atoms. The van der Waals surface area contributed by atoms with Gasteiger partial charge in [-0.2, -0.15) is 4.98 Å². The minimum absolute atomic E-state index is 0.209. The Hall–Kier alpha value is -2.36. The van der Waals surface area contributed by atoms with E-state index in [1.54, 1.807) is 0 Å². The lowest BCUT2D eigenvalue weighted by atomic mass is 10.0. The first-order valence-corrected chi connectivity index (χ1v) is 6.82. The summed E-state index contributed by atoms with van der Waals surface area (Å²) >= 11 is 0. The highest BCUT2D eigenvalue weighted by molar-refractivity contribution is 5.71. The molecular formula is C16H17N3O. The van der Waals surface area contributed by atoms with Crippen LogP contribution in [-0.2, 0) is 0 Å². The van der Waals surface area contributed by atoms with E-state index in [1.807, 2.05) is 37.3 Å². The molecule has 1 atom stereocenters. The molecule has 2 aromatic heterocycles. The maximum absolute atomic E-state index is 5.40. The van der Waals surface area contributed by atoms with E-state index in [4.69, 9.17) is 4.74 Å². The Morgan fingerprint density at radius 2 is 1.90 bits per heavy atom. The third-order valence-electron chi connectivity index (χ3n) is 3.34. The van der Waals surface area contributed by atoms with Gasteiger partial charge in [0.05, 0.1) is 12.1 Å². The van der Waals surface area contributed by atoms with Crippen LogP contribution < -0.4 is 4.74 Å². The van der Waals surface area contributed by atoms with Crippen molar-refractivity contribution in [2.45, 2.75) is 19.8 Å². The summed E-state index contributed by atoms with van der Waals surface area (Å²) < 4.78 is 5.40. The van der Waals surface area contributed by atoms with E-state index in [9.17, 15) is 0 Å². The minimum atomic E-state index is 0.209. The summed E-state index contributed by atoms with van der Waals surface area (Å²) in [5.41, 5.74) is 2.87. The van der Waals surface area contributed by atoms with Crippen LogP contribution in [0.4, 0.5) is 0 Å². The number of nitrogens with zero attached hydrogens (tertiary/aromatic N) is 2. The molecule has 4 heteroatoms. The van der Waals surface area contributed by atoms with Crippen LogP contribution in [0.3, 0.4) is 0 Å². The average molecular weight is 267 g/mol. The van der Waals surface area contributed by atoms with E-state index in [0.717, 1.165) is 11.3 Å². The third kappa shape index (κ3) is 2.37. The highest BCUT2D eigenvalue weighted by Crippen LogP contribution is 2.24. The third-order valence-corrected chi connectivity index (χ3v) is 3.34. The molecule has 1 unspecified atom stereocenters. The van der Waals surface area contributed by atoms with Gasteiger partial charge in [-0.1, -0.05) is 37.3 Å². The monoisotopic (exact) mass is 267 g/mol. The summed E-state index contributed by atoms with van der Waals surface area (Å²) in [4.78, 5) is 12.3. The number of benzene rings is 1. The van der Waals surface area contributed by atoms with Gasteiger partial charge in [-0.25, -0.2) is 4.98 Å². The van der Waals surface area contributed by atoms with E-state index in [1.165, 1.54) is 5.56 Å². The van der Waals surface area contributed by atoms with Crippen LogP contribution in [0.15, 0.2) is 42.5 Å². The molecule has 4 nitrogen and oxygen atoms in total. The Balaban J connectivity index is 1.96. The van der Waals surface area contributed by atoms with Gasteiger partial charge in [0.1, 0.15) is 5.82 Å². The van der Waals surface area contributed by atoms with E-state index >= 15 is 0 Å². The van der Waals surface area contributed by atoms with Crippen LogP contribution in [0, 0.1) is 0 Å². The summed E-state index contributed by atoms with van der Waals surface area (Å²) in [6.07, 6.45) is 0. The summed E-state index contributed by atoms with van der Waals surface area (Å²) in [6.45, 7) is 4.69. The normalized spacial score (nSPS) is 12.5. The number of rotatable bonds is 4. The molecule has 0 saturated heterocycles. The summed E-state index contributed by atoms with van der Waals surface area (Å²) in [7, 11) is 0. The molecule has 1 aromatic carbocycles. The van der Waals surface area contributed by atoms with Crippen LogP contribution >= 0.6 is 0 Å². The van der Waals surface area contributed by atoms with Crippen molar-refractivity contribution in [1.82, 2.24) is 15.0 Å². The SMILES string of the molecule is CCOc1ccc2[nH]c(C(C)c3ccccc3)nc2n1. The first-order chi connectivity index (χ1) is 9.78. The Bertz CT molecular complexity index is 706. The largest absolute Gasteiger partial charge is 0.478 e. The lowest BCUT2D eigenvalue weighted by molar-refractivity contribution is 0.328. The summed E-state index contributed by atoms with van der Waals surface area (Å²) in [5, 5.41) is 0. The average Bonchev–Trinajstić information content (AvgIpc) is 2.91. The molecule has 3 aromatic rings. The zero-order valence-corrected chi connectivity index (χ0v) is 11.6. The van der Waals surface area contributed by atoms with Crippen LogP contribution in [0.1, 0.15) is 31.2 Å². The smallest absolute Gasteiger partial charge is 0.215 e. The standard InChI is InChI=1S/C16H17N3O/c1-3-20-14-10-9-13-16(18-14)19-15(17-13)11(2)12-7-5-4-6-8-12/h4-11H,3H2,1-2H3,(H,17,18,19).